The largest absolute Gasteiger partial charge is 0.494 e. The molecule has 0 amide bonds. The first-order chi connectivity index (χ1) is 9.97. The van der Waals surface area contributed by atoms with Gasteiger partial charge in [0, 0.05) is 19.5 Å². The molecule has 0 fully saturated rings. The Morgan fingerprint density at radius 1 is 1.48 bits per heavy atom. The highest BCUT2D eigenvalue weighted by Crippen LogP contribution is 2.27. The van der Waals surface area contributed by atoms with E-state index in [1.54, 1.807) is 16.8 Å². The lowest BCUT2D eigenvalue weighted by atomic mass is 10.0. The number of nitrogens with zero attached hydrogens (tertiary/aromatic N) is 2. The molecule has 1 aromatic carbocycles. The number of nitrogens with two attached hydrogens (primary N) is 1. The fourth-order valence-electron chi connectivity index (χ4n) is 2.28. The minimum Gasteiger partial charge on any atom is -0.494 e. The lowest BCUT2D eigenvalue weighted by Crippen LogP contribution is -2.16. The van der Waals surface area contributed by atoms with Gasteiger partial charge in [0.1, 0.15) is 0 Å². The molecule has 0 radical (unpaired) electrons. The lowest BCUT2D eigenvalue weighted by molar-refractivity contribution is 0.386. The Labute approximate surface area is 128 Å². The average Bonchev–Trinajstić information content (AvgIpc) is 2.74. The second-order valence-corrected chi connectivity index (χ2v) is 5.27. The first-order valence-corrected chi connectivity index (χ1v) is 7.15. The number of aryl methyl sites for hydroxylation is 2. The summed E-state index contributed by atoms with van der Waals surface area (Å²) in [7, 11) is 3.27. The van der Waals surface area contributed by atoms with Crippen LogP contribution in [0.4, 0.5) is 4.39 Å². The fraction of sp³-hybridized carbons (Fsp3) is 0.400. The summed E-state index contributed by atoms with van der Waals surface area (Å²) in [6.07, 6.45) is 1.26. The summed E-state index contributed by atoms with van der Waals surface area (Å²) in [6.45, 7) is 2.00. The van der Waals surface area contributed by atoms with E-state index in [4.69, 9.17) is 22.1 Å². The van der Waals surface area contributed by atoms with Gasteiger partial charge in [-0.2, -0.15) is 5.10 Å². The minimum atomic E-state index is -0.421. The van der Waals surface area contributed by atoms with Crippen molar-refractivity contribution in [1.82, 2.24) is 9.78 Å². The maximum atomic E-state index is 13.7. The van der Waals surface area contributed by atoms with Gasteiger partial charge >= 0.3 is 0 Å². The molecular weight excluding hydrogens is 293 g/mol. The Hall–Kier alpha value is -1.59. The molecule has 2 N–H and O–H groups in total. The molecule has 0 spiro atoms. The minimum absolute atomic E-state index is 0.206. The van der Waals surface area contributed by atoms with E-state index >= 15 is 0 Å². The third kappa shape index (κ3) is 3.19. The van der Waals surface area contributed by atoms with Crippen LogP contribution in [-0.2, 0) is 19.9 Å². The van der Waals surface area contributed by atoms with Gasteiger partial charge < -0.3 is 10.5 Å². The monoisotopic (exact) mass is 311 g/mol. The van der Waals surface area contributed by atoms with Crippen LogP contribution in [0.2, 0.25) is 5.02 Å². The Morgan fingerprint density at radius 3 is 2.71 bits per heavy atom. The van der Waals surface area contributed by atoms with Gasteiger partial charge in [-0.15, -0.1) is 0 Å². The quantitative estimate of drug-likeness (QED) is 0.923. The number of ether oxygens (including phenoxy) is 1. The smallest absolute Gasteiger partial charge is 0.165 e. The summed E-state index contributed by atoms with van der Waals surface area (Å²) in [5, 5.41) is 5.00. The van der Waals surface area contributed by atoms with E-state index in [-0.39, 0.29) is 11.8 Å². The van der Waals surface area contributed by atoms with Crippen molar-refractivity contribution in [3.05, 3.63) is 46.0 Å². The van der Waals surface area contributed by atoms with Gasteiger partial charge in [-0.3, -0.25) is 4.68 Å². The summed E-state index contributed by atoms with van der Waals surface area (Å²) in [5.74, 6) is -0.214. The number of methoxy groups -OCH3 is 1. The average molecular weight is 312 g/mol. The highest BCUT2D eigenvalue weighted by molar-refractivity contribution is 6.31. The van der Waals surface area contributed by atoms with E-state index in [1.165, 1.54) is 13.2 Å². The third-order valence-corrected chi connectivity index (χ3v) is 3.96. The molecule has 0 aliphatic rings. The predicted octanol–water partition coefficient (Wildman–Crippen LogP) is 3.03. The van der Waals surface area contributed by atoms with Crippen LogP contribution in [0.1, 0.15) is 29.9 Å². The summed E-state index contributed by atoms with van der Waals surface area (Å²) >= 11 is 6.31. The standard InChI is InChI=1S/C15H19ClFN3O/c1-4-12-15(16)13(20(2)19-12)8-11(18)9-5-6-14(21-3)10(17)7-9/h5-7,11H,4,8,18H2,1-3H3. The highest BCUT2D eigenvalue weighted by Gasteiger charge is 2.18. The number of aromatic nitrogens is 2. The van der Waals surface area contributed by atoms with Gasteiger partial charge in [0.15, 0.2) is 11.6 Å². The fourth-order valence-corrected chi connectivity index (χ4v) is 2.65. The zero-order valence-electron chi connectivity index (χ0n) is 12.4. The van der Waals surface area contributed by atoms with Crippen molar-refractivity contribution in [2.24, 2.45) is 12.8 Å². The van der Waals surface area contributed by atoms with Crippen molar-refractivity contribution < 1.29 is 9.13 Å². The van der Waals surface area contributed by atoms with Crippen molar-refractivity contribution in [2.75, 3.05) is 7.11 Å². The van der Waals surface area contributed by atoms with Gasteiger partial charge in [0.25, 0.3) is 0 Å². The van der Waals surface area contributed by atoms with Crippen molar-refractivity contribution in [3.63, 3.8) is 0 Å². The Morgan fingerprint density at radius 2 is 2.19 bits per heavy atom. The van der Waals surface area contributed by atoms with Crippen LogP contribution in [-0.4, -0.2) is 16.9 Å². The molecule has 0 saturated carbocycles. The topological polar surface area (TPSA) is 53.1 Å². The number of benzene rings is 1. The van der Waals surface area contributed by atoms with Crippen molar-refractivity contribution in [2.45, 2.75) is 25.8 Å². The molecule has 21 heavy (non-hydrogen) atoms. The van der Waals surface area contributed by atoms with Gasteiger partial charge in [-0.1, -0.05) is 24.6 Å². The van der Waals surface area contributed by atoms with E-state index in [9.17, 15) is 4.39 Å². The zero-order valence-corrected chi connectivity index (χ0v) is 13.1. The van der Waals surface area contributed by atoms with Crippen LogP contribution in [0.5, 0.6) is 5.75 Å². The van der Waals surface area contributed by atoms with E-state index in [0.717, 1.165) is 17.8 Å². The normalized spacial score (nSPS) is 12.5. The molecule has 2 aromatic rings. The maximum absolute atomic E-state index is 13.7. The molecule has 4 nitrogen and oxygen atoms in total. The first-order valence-electron chi connectivity index (χ1n) is 6.77. The van der Waals surface area contributed by atoms with Crippen molar-refractivity contribution in [3.8, 4) is 5.75 Å². The first kappa shape index (κ1) is 15.8. The Balaban J connectivity index is 2.24. The Kier molecular flexibility index (Phi) is 4.85. The van der Waals surface area contributed by atoms with Crippen LogP contribution < -0.4 is 10.5 Å². The third-order valence-electron chi connectivity index (χ3n) is 3.52. The lowest BCUT2D eigenvalue weighted by Gasteiger charge is -2.13. The zero-order chi connectivity index (χ0) is 15.6. The van der Waals surface area contributed by atoms with Gasteiger partial charge in [-0.25, -0.2) is 4.39 Å². The molecular formula is C15H19ClFN3O. The van der Waals surface area contributed by atoms with E-state index < -0.39 is 5.82 Å². The Bertz CT molecular complexity index is 642. The van der Waals surface area contributed by atoms with Crippen LogP contribution in [0, 0.1) is 5.82 Å². The molecule has 114 valence electrons. The molecule has 1 aromatic heterocycles. The van der Waals surface area contributed by atoms with E-state index in [0.29, 0.717) is 17.0 Å². The molecule has 0 bridgehead atoms. The molecule has 2 rings (SSSR count). The van der Waals surface area contributed by atoms with Gasteiger partial charge in [0.05, 0.1) is 23.5 Å². The number of hydrogen-bond donors (Lipinski definition) is 1. The van der Waals surface area contributed by atoms with Crippen molar-refractivity contribution in [1.29, 1.82) is 0 Å². The molecule has 1 atom stereocenters. The predicted molar refractivity (Wildman–Crippen MR) is 81.2 cm³/mol. The van der Waals surface area contributed by atoms with Crippen LogP contribution >= 0.6 is 11.6 Å². The van der Waals surface area contributed by atoms with Crippen LogP contribution in [0.25, 0.3) is 0 Å². The summed E-state index contributed by atoms with van der Waals surface area (Å²) in [6, 6.07) is 4.38. The van der Waals surface area contributed by atoms with E-state index in [1.807, 2.05) is 14.0 Å². The number of halogens is 2. The molecule has 1 unspecified atom stereocenters. The molecule has 0 aliphatic heterocycles. The number of rotatable bonds is 5. The van der Waals surface area contributed by atoms with Gasteiger partial charge in [0.2, 0.25) is 0 Å². The summed E-state index contributed by atoms with van der Waals surface area (Å²) in [4.78, 5) is 0. The van der Waals surface area contributed by atoms with Gasteiger partial charge in [-0.05, 0) is 24.1 Å². The summed E-state index contributed by atoms with van der Waals surface area (Å²) in [5.41, 5.74) is 8.57. The second-order valence-electron chi connectivity index (χ2n) is 4.89. The molecule has 6 heteroatoms. The summed E-state index contributed by atoms with van der Waals surface area (Å²) < 4.78 is 20.4. The maximum Gasteiger partial charge on any atom is 0.165 e. The molecule has 1 heterocycles. The molecule has 0 aliphatic carbocycles. The molecule has 0 saturated heterocycles. The SMILES string of the molecule is CCc1nn(C)c(CC(N)c2ccc(OC)c(F)c2)c1Cl. The number of hydrogen-bond acceptors (Lipinski definition) is 3. The highest BCUT2D eigenvalue weighted by atomic mass is 35.5. The van der Waals surface area contributed by atoms with Crippen LogP contribution in [0.15, 0.2) is 18.2 Å². The van der Waals surface area contributed by atoms with Crippen molar-refractivity contribution >= 4 is 11.6 Å². The second kappa shape index (κ2) is 6.45. The van der Waals surface area contributed by atoms with E-state index in [2.05, 4.69) is 5.10 Å². The van der Waals surface area contributed by atoms with Crippen LogP contribution in [0.3, 0.4) is 0 Å².